The third kappa shape index (κ3) is 3.70. The molecule has 0 bridgehead atoms. The Balaban J connectivity index is 1.94. The van der Waals surface area contributed by atoms with E-state index < -0.39 is 0 Å². The molecule has 0 saturated carbocycles. The third-order valence-electron chi connectivity index (χ3n) is 2.88. The molecule has 0 aliphatic rings. The Hall–Kier alpha value is -1.61. The minimum absolute atomic E-state index is 0.870. The fourth-order valence-electron chi connectivity index (χ4n) is 2.00. The summed E-state index contributed by atoms with van der Waals surface area (Å²) in [4.78, 5) is 7.79. The van der Waals surface area contributed by atoms with Gasteiger partial charge in [0, 0.05) is 24.9 Å². The van der Waals surface area contributed by atoms with E-state index in [9.17, 15) is 0 Å². The highest BCUT2D eigenvalue weighted by atomic mass is 15.0. The van der Waals surface area contributed by atoms with Crippen LogP contribution < -0.4 is 5.32 Å². The Kier molecular flexibility index (Phi) is 4.53. The number of benzene rings is 1. The molecule has 1 aromatic heterocycles. The van der Waals surface area contributed by atoms with Gasteiger partial charge in [0.15, 0.2) is 0 Å². The van der Waals surface area contributed by atoms with Crippen molar-refractivity contribution < 1.29 is 0 Å². The number of imidazole rings is 1. The van der Waals surface area contributed by atoms with Gasteiger partial charge in [-0.2, -0.15) is 0 Å². The summed E-state index contributed by atoms with van der Waals surface area (Å²) >= 11 is 0. The van der Waals surface area contributed by atoms with E-state index in [2.05, 4.69) is 53.4 Å². The second kappa shape index (κ2) is 6.36. The molecule has 2 N–H and O–H groups in total. The summed E-state index contributed by atoms with van der Waals surface area (Å²) in [6, 6.07) is 8.56. The maximum Gasteiger partial charge on any atom is 0.110 e. The lowest BCUT2D eigenvalue weighted by Gasteiger charge is -2.01. The first-order valence-electron chi connectivity index (χ1n) is 6.57. The van der Waals surface area contributed by atoms with E-state index in [1.54, 1.807) is 0 Å². The number of nitrogens with zero attached hydrogens (tertiary/aromatic N) is 1. The van der Waals surface area contributed by atoms with Gasteiger partial charge in [0.25, 0.3) is 0 Å². The van der Waals surface area contributed by atoms with Crippen LogP contribution in [0.5, 0.6) is 0 Å². The van der Waals surface area contributed by atoms with Crippen LogP contribution in [0.2, 0.25) is 0 Å². The van der Waals surface area contributed by atoms with Crippen LogP contribution in [0.3, 0.4) is 0 Å². The quantitative estimate of drug-likeness (QED) is 0.766. The van der Waals surface area contributed by atoms with Crippen molar-refractivity contribution in [2.75, 3.05) is 6.54 Å². The van der Waals surface area contributed by atoms with Crippen molar-refractivity contribution >= 4 is 0 Å². The summed E-state index contributed by atoms with van der Waals surface area (Å²) < 4.78 is 0. The molecule has 3 nitrogen and oxygen atoms in total. The van der Waals surface area contributed by atoms with Crippen LogP contribution >= 0.6 is 0 Å². The smallest absolute Gasteiger partial charge is 0.110 e. The van der Waals surface area contributed by atoms with E-state index in [0.717, 1.165) is 37.4 Å². The standard InChI is InChI=1S/C15H21N3/c1-3-7-16-10-14-11-17-15(18-14)9-13-6-4-5-12(2)8-13/h4-6,8,11,16H,3,7,9-10H2,1-2H3,(H,17,18). The van der Waals surface area contributed by atoms with Gasteiger partial charge in [0.2, 0.25) is 0 Å². The number of nitrogens with one attached hydrogen (secondary N) is 2. The zero-order valence-corrected chi connectivity index (χ0v) is 11.2. The van der Waals surface area contributed by atoms with Crippen molar-refractivity contribution in [3.8, 4) is 0 Å². The summed E-state index contributed by atoms with van der Waals surface area (Å²) in [7, 11) is 0. The second-order valence-electron chi connectivity index (χ2n) is 4.70. The van der Waals surface area contributed by atoms with Gasteiger partial charge < -0.3 is 10.3 Å². The fraction of sp³-hybridized carbons (Fsp3) is 0.400. The third-order valence-corrected chi connectivity index (χ3v) is 2.88. The van der Waals surface area contributed by atoms with Gasteiger partial charge in [0.05, 0.1) is 0 Å². The predicted molar refractivity (Wildman–Crippen MR) is 74.6 cm³/mol. The molecule has 0 radical (unpaired) electrons. The van der Waals surface area contributed by atoms with Crippen LogP contribution in [-0.2, 0) is 13.0 Å². The van der Waals surface area contributed by atoms with Gasteiger partial charge >= 0.3 is 0 Å². The van der Waals surface area contributed by atoms with Crippen molar-refractivity contribution in [1.82, 2.24) is 15.3 Å². The van der Waals surface area contributed by atoms with Crippen LogP contribution in [0.15, 0.2) is 30.5 Å². The highest BCUT2D eigenvalue weighted by Crippen LogP contribution is 2.09. The van der Waals surface area contributed by atoms with Gasteiger partial charge in [-0.1, -0.05) is 36.8 Å². The van der Waals surface area contributed by atoms with Crippen molar-refractivity contribution in [3.63, 3.8) is 0 Å². The maximum absolute atomic E-state index is 4.42. The summed E-state index contributed by atoms with van der Waals surface area (Å²) in [6.07, 6.45) is 3.95. The summed E-state index contributed by atoms with van der Waals surface area (Å²) in [6.45, 7) is 6.20. The second-order valence-corrected chi connectivity index (χ2v) is 4.70. The number of hydrogen-bond donors (Lipinski definition) is 2. The summed E-state index contributed by atoms with van der Waals surface area (Å²) in [5.41, 5.74) is 3.76. The lowest BCUT2D eigenvalue weighted by Crippen LogP contribution is -2.13. The fourth-order valence-corrected chi connectivity index (χ4v) is 2.00. The molecule has 2 rings (SSSR count). The molecule has 0 spiro atoms. The van der Waals surface area contributed by atoms with Crippen LogP contribution in [-0.4, -0.2) is 16.5 Å². The number of H-pyrrole nitrogens is 1. The van der Waals surface area contributed by atoms with Crippen molar-refractivity contribution in [2.45, 2.75) is 33.2 Å². The van der Waals surface area contributed by atoms with Crippen LogP contribution in [0.1, 0.15) is 36.0 Å². The van der Waals surface area contributed by atoms with Crippen LogP contribution in [0, 0.1) is 6.92 Å². The molecule has 0 saturated heterocycles. The number of aryl methyl sites for hydroxylation is 1. The first-order valence-corrected chi connectivity index (χ1v) is 6.57. The van der Waals surface area contributed by atoms with Crippen molar-refractivity contribution in [1.29, 1.82) is 0 Å². The average Bonchev–Trinajstić information content (AvgIpc) is 2.77. The van der Waals surface area contributed by atoms with E-state index >= 15 is 0 Å². The van der Waals surface area contributed by atoms with Gasteiger partial charge in [-0.3, -0.25) is 0 Å². The zero-order chi connectivity index (χ0) is 12.8. The molecule has 0 aliphatic carbocycles. The normalized spacial score (nSPS) is 10.8. The minimum Gasteiger partial charge on any atom is -0.345 e. The average molecular weight is 243 g/mol. The SMILES string of the molecule is CCCNCc1cnc(Cc2cccc(C)c2)[nH]1. The Morgan fingerprint density at radius 2 is 2.22 bits per heavy atom. The molecule has 2 aromatic rings. The molecule has 1 aromatic carbocycles. The van der Waals surface area contributed by atoms with Crippen LogP contribution in [0.25, 0.3) is 0 Å². The van der Waals surface area contributed by atoms with E-state index in [1.807, 2.05) is 6.20 Å². The molecule has 0 unspecified atom stereocenters. The summed E-state index contributed by atoms with van der Waals surface area (Å²) in [5.74, 6) is 1.04. The molecule has 96 valence electrons. The lowest BCUT2D eigenvalue weighted by atomic mass is 10.1. The van der Waals surface area contributed by atoms with Gasteiger partial charge in [-0.05, 0) is 25.5 Å². The van der Waals surface area contributed by atoms with E-state index in [4.69, 9.17) is 0 Å². The van der Waals surface area contributed by atoms with Gasteiger partial charge in [0.1, 0.15) is 5.82 Å². The van der Waals surface area contributed by atoms with Crippen molar-refractivity contribution in [3.05, 3.63) is 53.1 Å². The van der Waals surface area contributed by atoms with Crippen molar-refractivity contribution in [2.24, 2.45) is 0 Å². The first-order chi connectivity index (χ1) is 8.78. The number of hydrogen-bond acceptors (Lipinski definition) is 2. The van der Waals surface area contributed by atoms with E-state index in [-0.39, 0.29) is 0 Å². The largest absolute Gasteiger partial charge is 0.345 e. The molecule has 0 aliphatic heterocycles. The summed E-state index contributed by atoms with van der Waals surface area (Å²) in [5, 5.41) is 3.37. The highest BCUT2D eigenvalue weighted by Gasteiger charge is 2.02. The Bertz CT molecular complexity index is 488. The Morgan fingerprint density at radius 3 is 3.00 bits per heavy atom. The lowest BCUT2D eigenvalue weighted by molar-refractivity contribution is 0.665. The number of aromatic nitrogens is 2. The molecule has 0 atom stereocenters. The predicted octanol–water partition coefficient (Wildman–Crippen LogP) is 2.81. The zero-order valence-electron chi connectivity index (χ0n) is 11.2. The topological polar surface area (TPSA) is 40.7 Å². The first kappa shape index (κ1) is 12.8. The van der Waals surface area contributed by atoms with Gasteiger partial charge in [-0.25, -0.2) is 4.98 Å². The molecular weight excluding hydrogens is 222 g/mol. The van der Waals surface area contributed by atoms with Gasteiger partial charge in [-0.15, -0.1) is 0 Å². The number of rotatable bonds is 6. The Morgan fingerprint density at radius 1 is 1.33 bits per heavy atom. The molecule has 18 heavy (non-hydrogen) atoms. The molecule has 0 fully saturated rings. The maximum atomic E-state index is 4.42. The minimum atomic E-state index is 0.870. The monoisotopic (exact) mass is 243 g/mol. The Labute approximate surface area is 109 Å². The molecule has 3 heteroatoms. The highest BCUT2D eigenvalue weighted by molar-refractivity contribution is 5.25. The molecule has 0 amide bonds. The molecular formula is C15H21N3. The molecule has 1 heterocycles. The van der Waals surface area contributed by atoms with Crippen LogP contribution in [0.4, 0.5) is 0 Å². The van der Waals surface area contributed by atoms with E-state index in [1.165, 1.54) is 11.1 Å². The number of aromatic amines is 1. The van der Waals surface area contributed by atoms with E-state index in [0.29, 0.717) is 0 Å².